The highest BCUT2D eigenvalue weighted by atomic mass is 16.5. The molecule has 0 bridgehead atoms. The Hall–Kier alpha value is -2.43. The van der Waals surface area contributed by atoms with Crippen molar-refractivity contribution < 1.29 is 9.53 Å². The van der Waals surface area contributed by atoms with Crippen molar-refractivity contribution in [1.29, 1.82) is 0 Å². The fourth-order valence-electron chi connectivity index (χ4n) is 5.06. The maximum atomic E-state index is 12.8. The molecule has 3 aromatic rings. The van der Waals surface area contributed by atoms with Crippen LogP contribution in [0.5, 0.6) is 0 Å². The van der Waals surface area contributed by atoms with E-state index in [9.17, 15) is 4.79 Å². The molecular weight excluding hydrogens is 384 g/mol. The van der Waals surface area contributed by atoms with E-state index in [1.54, 1.807) is 4.57 Å². The standard InChI is InChI=1S/C27H32N2O2/c1-20-3-2-13-28(20)14-10-21-4-6-22(7-5-21)24-8-9-25-18-29(19-26(25)17-24)27(30)23-11-15-31-16-12-23/h4-9,17-20,23H,2-3,10-16H2,1H3/t20-/m1/s1. The van der Waals surface area contributed by atoms with E-state index in [1.165, 1.54) is 36.1 Å². The number of benzene rings is 2. The molecule has 0 radical (unpaired) electrons. The lowest BCUT2D eigenvalue weighted by molar-refractivity contribution is 0.0487. The third kappa shape index (κ3) is 4.46. The van der Waals surface area contributed by atoms with Gasteiger partial charge in [-0.15, -0.1) is 0 Å². The molecule has 0 N–H and O–H groups in total. The molecule has 4 nitrogen and oxygen atoms in total. The molecule has 1 atom stereocenters. The Morgan fingerprint density at radius 2 is 1.71 bits per heavy atom. The minimum atomic E-state index is 0.0751. The van der Waals surface area contributed by atoms with Gasteiger partial charge in [0.15, 0.2) is 0 Å². The zero-order valence-electron chi connectivity index (χ0n) is 18.4. The van der Waals surface area contributed by atoms with Crippen molar-refractivity contribution in [1.82, 2.24) is 9.47 Å². The van der Waals surface area contributed by atoms with Gasteiger partial charge in [0.2, 0.25) is 5.91 Å². The Morgan fingerprint density at radius 3 is 2.45 bits per heavy atom. The van der Waals surface area contributed by atoms with Gasteiger partial charge in [-0.1, -0.05) is 36.4 Å². The molecule has 0 aliphatic carbocycles. The number of ether oxygens (including phenoxy) is 1. The second-order valence-corrected chi connectivity index (χ2v) is 9.21. The first-order valence-electron chi connectivity index (χ1n) is 11.7. The first-order chi connectivity index (χ1) is 15.2. The van der Waals surface area contributed by atoms with Crippen LogP contribution in [0, 0.1) is 5.92 Å². The number of carbonyl (C=O) groups excluding carboxylic acids is 1. The van der Waals surface area contributed by atoms with Crippen molar-refractivity contribution in [2.45, 2.75) is 45.1 Å². The van der Waals surface area contributed by atoms with Gasteiger partial charge in [-0.25, -0.2) is 0 Å². The monoisotopic (exact) mass is 416 g/mol. The average molecular weight is 417 g/mol. The van der Waals surface area contributed by atoms with E-state index in [0.717, 1.165) is 42.6 Å². The summed E-state index contributed by atoms with van der Waals surface area (Å²) in [5.41, 5.74) is 3.82. The topological polar surface area (TPSA) is 34.5 Å². The molecule has 0 unspecified atom stereocenters. The predicted octanol–water partition coefficient (Wildman–Crippen LogP) is 5.40. The summed E-state index contributed by atoms with van der Waals surface area (Å²) in [6.07, 6.45) is 9.39. The Morgan fingerprint density at radius 1 is 0.968 bits per heavy atom. The summed E-state index contributed by atoms with van der Waals surface area (Å²) in [6, 6.07) is 16.2. The van der Waals surface area contributed by atoms with Crippen LogP contribution in [0.4, 0.5) is 0 Å². The van der Waals surface area contributed by atoms with Crippen molar-refractivity contribution in [3.63, 3.8) is 0 Å². The summed E-state index contributed by atoms with van der Waals surface area (Å²) >= 11 is 0. The average Bonchev–Trinajstić information content (AvgIpc) is 3.43. The van der Waals surface area contributed by atoms with E-state index in [-0.39, 0.29) is 11.8 Å². The van der Waals surface area contributed by atoms with E-state index in [0.29, 0.717) is 13.2 Å². The SMILES string of the molecule is C[C@@H]1CCCN1CCc1ccc(-c2ccc3cn(C(=O)C4CCOCC4)cc3c2)cc1. The molecule has 5 rings (SSSR count). The zero-order valence-corrected chi connectivity index (χ0v) is 18.4. The van der Waals surface area contributed by atoms with Gasteiger partial charge >= 0.3 is 0 Å². The fourth-order valence-corrected chi connectivity index (χ4v) is 5.06. The molecule has 162 valence electrons. The fraction of sp³-hybridized carbons (Fsp3) is 0.444. The summed E-state index contributed by atoms with van der Waals surface area (Å²) in [4.78, 5) is 15.4. The zero-order chi connectivity index (χ0) is 21.2. The van der Waals surface area contributed by atoms with Crippen molar-refractivity contribution >= 4 is 16.7 Å². The van der Waals surface area contributed by atoms with Crippen LogP contribution in [0.15, 0.2) is 54.9 Å². The Balaban J connectivity index is 1.29. The van der Waals surface area contributed by atoms with E-state index >= 15 is 0 Å². The molecule has 31 heavy (non-hydrogen) atoms. The predicted molar refractivity (Wildman–Crippen MR) is 126 cm³/mol. The number of fused-ring (bicyclic) bond motifs is 1. The van der Waals surface area contributed by atoms with E-state index in [2.05, 4.69) is 54.3 Å². The van der Waals surface area contributed by atoms with Crippen LogP contribution in [-0.2, 0) is 11.2 Å². The Kier molecular flexibility index (Phi) is 5.93. The molecule has 2 saturated heterocycles. The maximum Gasteiger partial charge on any atom is 0.233 e. The van der Waals surface area contributed by atoms with Crippen molar-refractivity contribution in [2.75, 3.05) is 26.3 Å². The van der Waals surface area contributed by atoms with Crippen LogP contribution in [0.1, 0.15) is 43.0 Å². The molecule has 3 heterocycles. The number of aromatic nitrogens is 1. The lowest BCUT2D eigenvalue weighted by atomic mass is 9.99. The second kappa shape index (κ2) is 8.97. The van der Waals surface area contributed by atoms with Gasteiger partial charge in [0.1, 0.15) is 0 Å². The van der Waals surface area contributed by atoms with E-state index in [4.69, 9.17) is 4.74 Å². The van der Waals surface area contributed by atoms with Gasteiger partial charge in [0, 0.05) is 49.5 Å². The minimum Gasteiger partial charge on any atom is -0.381 e. The normalized spacial score (nSPS) is 20.5. The quantitative estimate of drug-likeness (QED) is 0.558. The van der Waals surface area contributed by atoms with Gasteiger partial charge < -0.3 is 9.64 Å². The summed E-state index contributed by atoms with van der Waals surface area (Å²) in [7, 11) is 0. The summed E-state index contributed by atoms with van der Waals surface area (Å²) < 4.78 is 7.18. The minimum absolute atomic E-state index is 0.0751. The third-order valence-electron chi connectivity index (χ3n) is 7.13. The number of hydrogen-bond acceptors (Lipinski definition) is 3. The summed E-state index contributed by atoms with van der Waals surface area (Å²) in [5.74, 6) is 0.267. The molecular formula is C27H32N2O2. The number of nitrogens with zero attached hydrogens (tertiary/aromatic N) is 2. The number of carbonyl (C=O) groups is 1. The maximum absolute atomic E-state index is 12.8. The third-order valence-corrected chi connectivity index (χ3v) is 7.13. The van der Waals surface area contributed by atoms with Crippen LogP contribution in [0.2, 0.25) is 0 Å². The highest BCUT2D eigenvalue weighted by Crippen LogP contribution is 2.27. The van der Waals surface area contributed by atoms with Crippen molar-refractivity contribution in [3.8, 4) is 11.1 Å². The lowest BCUT2D eigenvalue weighted by Crippen LogP contribution is -2.28. The van der Waals surface area contributed by atoms with Crippen molar-refractivity contribution in [3.05, 3.63) is 60.4 Å². The van der Waals surface area contributed by atoms with E-state index < -0.39 is 0 Å². The summed E-state index contributed by atoms with van der Waals surface area (Å²) in [6.45, 7) is 6.12. The number of likely N-dealkylation sites (tertiary alicyclic amines) is 1. The molecule has 2 fully saturated rings. The van der Waals surface area contributed by atoms with Crippen LogP contribution < -0.4 is 0 Å². The highest BCUT2D eigenvalue weighted by molar-refractivity contribution is 5.92. The van der Waals surface area contributed by atoms with Gasteiger partial charge in [-0.2, -0.15) is 0 Å². The molecule has 0 saturated carbocycles. The van der Waals surface area contributed by atoms with Gasteiger partial charge in [0.25, 0.3) is 0 Å². The second-order valence-electron chi connectivity index (χ2n) is 9.21. The van der Waals surface area contributed by atoms with Gasteiger partial charge in [-0.3, -0.25) is 9.36 Å². The van der Waals surface area contributed by atoms with Crippen LogP contribution >= 0.6 is 0 Å². The van der Waals surface area contributed by atoms with Gasteiger partial charge in [-0.05, 0) is 73.7 Å². The van der Waals surface area contributed by atoms with Crippen molar-refractivity contribution in [2.24, 2.45) is 5.92 Å². The molecule has 0 amide bonds. The van der Waals surface area contributed by atoms with Crippen LogP contribution in [-0.4, -0.2) is 47.7 Å². The first-order valence-corrected chi connectivity index (χ1v) is 11.7. The lowest BCUT2D eigenvalue weighted by Gasteiger charge is -2.20. The number of hydrogen-bond donors (Lipinski definition) is 0. The first kappa shape index (κ1) is 20.5. The largest absolute Gasteiger partial charge is 0.381 e. The highest BCUT2D eigenvalue weighted by Gasteiger charge is 2.23. The smallest absolute Gasteiger partial charge is 0.233 e. The summed E-state index contributed by atoms with van der Waals surface area (Å²) in [5, 5.41) is 2.23. The molecule has 1 aromatic heterocycles. The molecule has 0 spiro atoms. The Bertz CT molecular complexity index is 1050. The van der Waals surface area contributed by atoms with E-state index in [1.807, 2.05) is 12.4 Å². The Labute approximate surface area is 184 Å². The molecule has 4 heteroatoms. The molecule has 2 aliphatic heterocycles. The molecule has 2 aromatic carbocycles. The van der Waals surface area contributed by atoms with Crippen LogP contribution in [0.25, 0.3) is 21.9 Å². The van der Waals surface area contributed by atoms with Gasteiger partial charge in [0.05, 0.1) is 0 Å². The van der Waals surface area contributed by atoms with Crippen LogP contribution in [0.3, 0.4) is 0 Å². The molecule has 2 aliphatic rings. The number of rotatable bonds is 5.